The largest absolute Gasteiger partial charge is 0.310 e. The summed E-state index contributed by atoms with van der Waals surface area (Å²) in [6.45, 7) is 11.5. The van der Waals surface area contributed by atoms with E-state index in [9.17, 15) is 0 Å². The van der Waals surface area contributed by atoms with Gasteiger partial charge in [-0.25, -0.2) is 0 Å². The first kappa shape index (κ1) is 25.8. The Hall–Kier alpha value is -4.88. The molecule has 1 heteroatoms. The van der Waals surface area contributed by atoms with Crippen LogP contribution in [0.15, 0.2) is 121 Å². The lowest BCUT2D eigenvalue weighted by molar-refractivity contribution is 0.667. The molecule has 0 saturated heterocycles. The van der Waals surface area contributed by atoms with Gasteiger partial charge in [0, 0.05) is 22.2 Å². The minimum Gasteiger partial charge on any atom is -0.310 e. The fourth-order valence-electron chi connectivity index (χ4n) is 7.79. The van der Waals surface area contributed by atoms with Gasteiger partial charge in [0.05, 0.1) is 5.69 Å². The van der Waals surface area contributed by atoms with Gasteiger partial charge in [-0.1, -0.05) is 111 Å². The van der Waals surface area contributed by atoms with Crippen molar-refractivity contribution >= 4 is 49.4 Å². The second-order valence-corrected chi connectivity index (χ2v) is 12.8. The van der Waals surface area contributed by atoms with Crippen LogP contribution in [0.3, 0.4) is 0 Å². The molecule has 0 heterocycles. The molecule has 1 nitrogen and oxygen atoms in total. The fourth-order valence-corrected chi connectivity index (χ4v) is 7.79. The molecule has 43 heavy (non-hydrogen) atoms. The van der Waals surface area contributed by atoms with Crippen molar-refractivity contribution in [3.05, 3.63) is 149 Å². The van der Waals surface area contributed by atoms with Crippen LogP contribution < -0.4 is 4.90 Å². The molecule has 7 aromatic rings. The summed E-state index contributed by atoms with van der Waals surface area (Å²) < 4.78 is 0. The Morgan fingerprint density at radius 2 is 0.977 bits per heavy atom. The lowest BCUT2D eigenvalue weighted by atomic mass is 9.79. The third kappa shape index (κ3) is 3.71. The number of rotatable bonds is 3. The second kappa shape index (κ2) is 9.31. The van der Waals surface area contributed by atoms with Crippen molar-refractivity contribution in [1.82, 2.24) is 0 Å². The van der Waals surface area contributed by atoms with E-state index in [-0.39, 0.29) is 5.41 Å². The van der Waals surface area contributed by atoms with Crippen LogP contribution in [0.1, 0.15) is 41.7 Å². The van der Waals surface area contributed by atoms with Gasteiger partial charge in [0.15, 0.2) is 0 Å². The smallest absolute Gasteiger partial charge is 0.0543 e. The summed E-state index contributed by atoms with van der Waals surface area (Å²) in [5.41, 5.74) is 12.8. The maximum absolute atomic E-state index is 2.51. The molecule has 208 valence electrons. The Balaban J connectivity index is 1.54. The van der Waals surface area contributed by atoms with Crippen LogP contribution in [-0.4, -0.2) is 0 Å². The van der Waals surface area contributed by atoms with Gasteiger partial charge >= 0.3 is 0 Å². The predicted octanol–water partition coefficient (Wildman–Crippen LogP) is 11.8. The van der Waals surface area contributed by atoms with Gasteiger partial charge in [-0.05, 0) is 111 Å². The maximum Gasteiger partial charge on any atom is 0.0543 e. The first-order valence-corrected chi connectivity index (χ1v) is 15.3. The number of aryl methyl sites for hydroxylation is 3. The highest BCUT2D eigenvalue weighted by molar-refractivity contribution is 6.22. The minimum atomic E-state index is -0.187. The fraction of sp³-hybridized carbons (Fsp3) is 0.143. The van der Waals surface area contributed by atoms with E-state index >= 15 is 0 Å². The number of hydrogen-bond donors (Lipinski definition) is 0. The molecule has 0 N–H and O–H groups in total. The average Bonchev–Trinajstić information content (AvgIpc) is 3.25. The first-order valence-electron chi connectivity index (χ1n) is 15.3. The van der Waals surface area contributed by atoms with E-state index in [1.807, 2.05) is 0 Å². The van der Waals surface area contributed by atoms with Gasteiger partial charge in [0.1, 0.15) is 0 Å². The minimum absolute atomic E-state index is 0.187. The highest BCUT2D eigenvalue weighted by Crippen LogP contribution is 2.58. The Morgan fingerprint density at radius 1 is 0.465 bits per heavy atom. The monoisotopic (exact) mass is 553 g/mol. The number of anilines is 3. The number of hydrogen-bond acceptors (Lipinski definition) is 1. The summed E-state index contributed by atoms with van der Waals surface area (Å²) in [6, 6.07) is 45.2. The standard InChI is InChI=1S/C42H35N/c1-26-22-27(2)24-29(23-26)43(37-21-13-6-14-28(37)3)38-25-36-39(34-19-11-9-17-32(34)38)40-33-18-10-7-15-30(33)31-16-8-12-20-35(31)41(40)42(36,4)5/h6-25H,1-5H3. The summed E-state index contributed by atoms with van der Waals surface area (Å²) in [5.74, 6) is 0. The second-order valence-electron chi connectivity index (χ2n) is 12.8. The zero-order valence-corrected chi connectivity index (χ0v) is 25.5. The van der Waals surface area contributed by atoms with Crippen molar-refractivity contribution in [2.45, 2.75) is 40.0 Å². The van der Waals surface area contributed by atoms with Gasteiger partial charge in [-0.3, -0.25) is 0 Å². The molecule has 0 fully saturated rings. The molecule has 1 aliphatic carbocycles. The molecule has 1 aliphatic rings. The zero-order valence-electron chi connectivity index (χ0n) is 25.5. The van der Waals surface area contributed by atoms with Crippen LogP contribution >= 0.6 is 0 Å². The highest BCUT2D eigenvalue weighted by atomic mass is 15.1. The normalized spacial score (nSPS) is 13.4. The summed E-state index contributed by atoms with van der Waals surface area (Å²) in [7, 11) is 0. The lowest BCUT2D eigenvalue weighted by Crippen LogP contribution is -2.18. The third-order valence-electron chi connectivity index (χ3n) is 9.57. The molecule has 0 radical (unpaired) electrons. The summed E-state index contributed by atoms with van der Waals surface area (Å²) in [6.07, 6.45) is 0. The molecule has 8 rings (SSSR count). The van der Waals surface area contributed by atoms with Crippen LogP contribution in [-0.2, 0) is 5.41 Å². The average molecular weight is 554 g/mol. The van der Waals surface area contributed by atoms with E-state index in [0.29, 0.717) is 0 Å². The van der Waals surface area contributed by atoms with E-state index in [1.54, 1.807) is 0 Å². The van der Waals surface area contributed by atoms with Gasteiger partial charge in [-0.2, -0.15) is 0 Å². The van der Waals surface area contributed by atoms with Gasteiger partial charge in [-0.15, -0.1) is 0 Å². The van der Waals surface area contributed by atoms with Gasteiger partial charge in [0.25, 0.3) is 0 Å². The first-order chi connectivity index (χ1) is 20.8. The molecular weight excluding hydrogens is 518 g/mol. The molecule has 0 spiro atoms. The molecule has 0 saturated carbocycles. The van der Waals surface area contributed by atoms with Crippen LogP contribution in [0.25, 0.3) is 43.4 Å². The van der Waals surface area contributed by atoms with Crippen molar-refractivity contribution in [3.63, 3.8) is 0 Å². The quantitative estimate of drug-likeness (QED) is 0.197. The maximum atomic E-state index is 2.51. The van der Waals surface area contributed by atoms with Crippen molar-refractivity contribution in [2.75, 3.05) is 4.90 Å². The Bertz CT molecular complexity index is 2230. The van der Waals surface area contributed by atoms with E-state index in [4.69, 9.17) is 0 Å². The SMILES string of the molecule is Cc1cc(C)cc(N(c2ccccc2C)c2cc3c(c4ccccc24)-c2c(c4ccccc4c4ccccc24)C3(C)C)c1. The predicted molar refractivity (Wildman–Crippen MR) is 185 cm³/mol. The van der Waals surface area contributed by atoms with E-state index in [0.717, 1.165) is 0 Å². The van der Waals surface area contributed by atoms with Crippen molar-refractivity contribution in [1.29, 1.82) is 0 Å². The number of fused-ring (bicyclic) bond motifs is 10. The molecule has 0 unspecified atom stereocenters. The van der Waals surface area contributed by atoms with Crippen LogP contribution in [0.2, 0.25) is 0 Å². The summed E-state index contributed by atoms with van der Waals surface area (Å²) >= 11 is 0. The van der Waals surface area contributed by atoms with Crippen molar-refractivity contribution < 1.29 is 0 Å². The number of nitrogens with zero attached hydrogens (tertiary/aromatic N) is 1. The Morgan fingerprint density at radius 3 is 1.63 bits per heavy atom. The van der Waals surface area contributed by atoms with Crippen molar-refractivity contribution in [2.24, 2.45) is 0 Å². The molecule has 0 amide bonds. The zero-order chi connectivity index (χ0) is 29.5. The lowest BCUT2D eigenvalue weighted by Gasteiger charge is -2.31. The summed E-state index contributed by atoms with van der Waals surface area (Å²) in [5, 5.41) is 7.93. The van der Waals surface area contributed by atoms with E-state index < -0.39 is 0 Å². The van der Waals surface area contributed by atoms with E-state index in [2.05, 4.69) is 161 Å². The number of benzene rings is 7. The Kier molecular flexibility index (Phi) is 5.59. The van der Waals surface area contributed by atoms with Gasteiger partial charge in [0.2, 0.25) is 0 Å². The third-order valence-corrected chi connectivity index (χ3v) is 9.57. The van der Waals surface area contributed by atoms with Crippen molar-refractivity contribution in [3.8, 4) is 11.1 Å². The molecular formula is C42H35N. The molecule has 0 atom stereocenters. The topological polar surface area (TPSA) is 3.24 Å². The highest BCUT2D eigenvalue weighted by Gasteiger charge is 2.40. The van der Waals surface area contributed by atoms with Crippen LogP contribution in [0.4, 0.5) is 17.1 Å². The van der Waals surface area contributed by atoms with Crippen LogP contribution in [0, 0.1) is 20.8 Å². The van der Waals surface area contributed by atoms with E-state index in [1.165, 1.54) is 88.3 Å². The van der Waals surface area contributed by atoms with Gasteiger partial charge < -0.3 is 4.90 Å². The molecule has 0 aliphatic heterocycles. The Labute approximate surface area is 254 Å². The molecule has 7 aromatic carbocycles. The molecule has 0 aromatic heterocycles. The summed E-state index contributed by atoms with van der Waals surface area (Å²) in [4.78, 5) is 2.49. The van der Waals surface area contributed by atoms with Crippen LogP contribution in [0.5, 0.6) is 0 Å². The molecule has 0 bridgehead atoms. The number of para-hydroxylation sites is 1.